The van der Waals surface area contributed by atoms with E-state index in [0.717, 1.165) is 39.1 Å². The van der Waals surface area contributed by atoms with Crippen molar-refractivity contribution in [3.05, 3.63) is 83.4 Å². The second kappa shape index (κ2) is 5.96. The minimum atomic E-state index is 0.450. The maximum absolute atomic E-state index is 6.34. The second-order valence-electron chi connectivity index (χ2n) is 6.73. The Hall–Kier alpha value is -3.11. The first-order chi connectivity index (χ1) is 13.1. The molecule has 27 heavy (non-hydrogen) atoms. The zero-order valence-corrected chi connectivity index (χ0v) is 15.8. The lowest BCUT2D eigenvalue weighted by atomic mass is 10.1. The predicted molar refractivity (Wildman–Crippen MR) is 110 cm³/mol. The summed E-state index contributed by atoms with van der Waals surface area (Å²) in [5, 5.41) is 6.00. The van der Waals surface area contributed by atoms with Crippen LogP contribution in [0.5, 0.6) is 0 Å². The first-order valence-corrected chi connectivity index (χ1v) is 9.18. The lowest BCUT2D eigenvalue weighted by molar-refractivity contribution is 0.901. The van der Waals surface area contributed by atoms with Crippen LogP contribution in [-0.2, 0) is 0 Å². The Morgan fingerprint density at radius 2 is 1.70 bits per heavy atom. The molecule has 132 valence electrons. The van der Waals surface area contributed by atoms with Gasteiger partial charge in [-0.05, 0) is 37.6 Å². The van der Waals surface area contributed by atoms with E-state index < -0.39 is 0 Å². The highest BCUT2D eigenvalue weighted by Crippen LogP contribution is 2.36. The first kappa shape index (κ1) is 16.1. The summed E-state index contributed by atoms with van der Waals surface area (Å²) in [5.74, 6) is 0. The van der Waals surface area contributed by atoms with Gasteiger partial charge >= 0.3 is 0 Å². The molecule has 0 unspecified atom stereocenters. The summed E-state index contributed by atoms with van der Waals surface area (Å²) in [4.78, 5) is 4.57. The highest BCUT2D eigenvalue weighted by molar-refractivity contribution is 6.29. The third-order valence-electron chi connectivity index (χ3n) is 4.99. The molecule has 5 rings (SSSR count). The monoisotopic (exact) mass is 372 g/mol. The van der Waals surface area contributed by atoms with Gasteiger partial charge in [0.25, 0.3) is 0 Å². The molecule has 0 radical (unpaired) electrons. The fourth-order valence-electron chi connectivity index (χ4n) is 3.67. The molecule has 3 heterocycles. The summed E-state index contributed by atoms with van der Waals surface area (Å²) < 4.78 is 4.04. The average molecular weight is 373 g/mol. The van der Waals surface area contributed by atoms with E-state index in [4.69, 9.17) is 11.6 Å². The highest BCUT2D eigenvalue weighted by atomic mass is 35.5. The van der Waals surface area contributed by atoms with Crippen LogP contribution in [0.15, 0.2) is 67.0 Å². The van der Waals surface area contributed by atoms with Crippen LogP contribution in [0.2, 0.25) is 5.15 Å². The Kier molecular flexibility index (Phi) is 3.55. The maximum atomic E-state index is 6.34. The predicted octanol–water partition coefficient (Wildman–Crippen LogP) is 5.61. The van der Waals surface area contributed by atoms with Gasteiger partial charge in [-0.3, -0.25) is 0 Å². The number of hydrogen-bond acceptors (Lipinski definition) is 2. The molecule has 0 aliphatic heterocycles. The molecule has 0 saturated carbocycles. The van der Waals surface area contributed by atoms with Crippen LogP contribution in [0.4, 0.5) is 0 Å². The van der Waals surface area contributed by atoms with E-state index in [0.29, 0.717) is 5.15 Å². The molecule has 0 N–H and O–H groups in total. The molecule has 0 spiro atoms. The van der Waals surface area contributed by atoms with Crippen LogP contribution in [0, 0.1) is 13.8 Å². The second-order valence-corrected chi connectivity index (χ2v) is 7.12. The third kappa shape index (κ3) is 2.45. The van der Waals surface area contributed by atoms with Crippen molar-refractivity contribution in [2.24, 2.45) is 0 Å². The Balaban J connectivity index is 1.88. The molecule has 0 aliphatic rings. The minimum Gasteiger partial charge on any atom is -0.316 e. The minimum absolute atomic E-state index is 0.450. The summed E-state index contributed by atoms with van der Waals surface area (Å²) in [6.45, 7) is 4.10. The van der Waals surface area contributed by atoms with Gasteiger partial charge in [-0.2, -0.15) is 5.10 Å². The maximum Gasteiger partial charge on any atom is 0.161 e. The molecule has 0 bridgehead atoms. The molecule has 5 heteroatoms. The van der Waals surface area contributed by atoms with Gasteiger partial charge in [0.1, 0.15) is 0 Å². The van der Waals surface area contributed by atoms with Crippen molar-refractivity contribution in [3.8, 4) is 16.8 Å². The molecule has 4 nitrogen and oxygen atoms in total. The molecule has 0 amide bonds. The summed E-state index contributed by atoms with van der Waals surface area (Å²) in [5.41, 5.74) is 7.37. The van der Waals surface area contributed by atoms with E-state index in [2.05, 4.69) is 76.3 Å². The van der Waals surface area contributed by atoms with E-state index >= 15 is 0 Å². The summed E-state index contributed by atoms with van der Waals surface area (Å²) >= 11 is 6.34. The largest absolute Gasteiger partial charge is 0.316 e. The van der Waals surface area contributed by atoms with Gasteiger partial charge in [0.05, 0.1) is 17.4 Å². The Morgan fingerprint density at radius 3 is 2.56 bits per heavy atom. The number of para-hydroxylation sites is 2. The first-order valence-electron chi connectivity index (χ1n) is 8.81. The lowest BCUT2D eigenvalue weighted by Gasteiger charge is -2.08. The van der Waals surface area contributed by atoms with Gasteiger partial charge in [-0.15, -0.1) is 0 Å². The molecule has 5 aromatic rings. The highest BCUT2D eigenvalue weighted by Gasteiger charge is 2.17. The molecule has 0 atom stereocenters. The summed E-state index contributed by atoms with van der Waals surface area (Å²) in [6.07, 6.45) is 3.99. The lowest BCUT2D eigenvalue weighted by Crippen LogP contribution is -1.97. The van der Waals surface area contributed by atoms with Gasteiger partial charge in [-0.25, -0.2) is 9.50 Å². The third-order valence-corrected chi connectivity index (χ3v) is 5.17. The van der Waals surface area contributed by atoms with Crippen molar-refractivity contribution in [2.75, 3.05) is 0 Å². The molecular weight excluding hydrogens is 356 g/mol. The zero-order chi connectivity index (χ0) is 18.5. The molecule has 0 fully saturated rings. The quantitative estimate of drug-likeness (QED) is 0.403. The van der Waals surface area contributed by atoms with Gasteiger partial charge < -0.3 is 4.57 Å². The number of nitrogens with zero attached hydrogens (tertiary/aromatic N) is 4. The van der Waals surface area contributed by atoms with Crippen molar-refractivity contribution in [3.63, 3.8) is 0 Å². The molecule has 2 aromatic carbocycles. The van der Waals surface area contributed by atoms with Crippen molar-refractivity contribution in [1.82, 2.24) is 19.2 Å². The van der Waals surface area contributed by atoms with Crippen molar-refractivity contribution in [2.45, 2.75) is 13.8 Å². The molecule has 0 aliphatic carbocycles. The zero-order valence-electron chi connectivity index (χ0n) is 15.0. The Labute approximate surface area is 161 Å². The van der Waals surface area contributed by atoms with Gasteiger partial charge in [-0.1, -0.05) is 48.0 Å². The van der Waals surface area contributed by atoms with Crippen LogP contribution in [0.3, 0.4) is 0 Å². The van der Waals surface area contributed by atoms with E-state index in [1.807, 2.05) is 19.2 Å². The van der Waals surface area contributed by atoms with Gasteiger partial charge in [0.15, 0.2) is 10.8 Å². The van der Waals surface area contributed by atoms with Crippen molar-refractivity contribution in [1.29, 1.82) is 0 Å². The fraction of sp³-hybridized carbons (Fsp3) is 0.0909. The number of halogens is 1. The van der Waals surface area contributed by atoms with Crippen molar-refractivity contribution >= 4 is 28.2 Å². The number of rotatable bonds is 2. The fourth-order valence-corrected chi connectivity index (χ4v) is 3.86. The van der Waals surface area contributed by atoms with Gasteiger partial charge in [0, 0.05) is 28.4 Å². The Morgan fingerprint density at radius 1 is 0.926 bits per heavy atom. The summed E-state index contributed by atoms with van der Waals surface area (Å²) in [7, 11) is 0. The Bertz CT molecular complexity index is 1310. The van der Waals surface area contributed by atoms with E-state index in [-0.39, 0.29) is 0 Å². The number of aryl methyl sites for hydroxylation is 2. The van der Waals surface area contributed by atoms with Crippen LogP contribution in [0.25, 0.3) is 33.4 Å². The topological polar surface area (TPSA) is 35.1 Å². The standard InChI is InChI=1S/C22H17ClN4/c1-14-7-3-5-9-19(14)26-13-18(16-8-4-6-10-20(16)26)17-11-21(23)25-27-15(2)12-24-22(17)27/h3-13H,1-2H3. The molecule has 3 aromatic heterocycles. The number of benzene rings is 2. The van der Waals surface area contributed by atoms with Crippen molar-refractivity contribution < 1.29 is 0 Å². The van der Waals surface area contributed by atoms with Crippen LogP contribution in [0.1, 0.15) is 11.3 Å². The average Bonchev–Trinajstić information content (AvgIpc) is 3.23. The number of fused-ring (bicyclic) bond motifs is 2. The molecular formula is C22H17ClN4. The van der Waals surface area contributed by atoms with Crippen LogP contribution in [-0.4, -0.2) is 19.2 Å². The number of hydrogen-bond donors (Lipinski definition) is 0. The van der Waals surface area contributed by atoms with E-state index in [1.54, 1.807) is 4.52 Å². The van der Waals surface area contributed by atoms with Gasteiger partial charge in [0.2, 0.25) is 0 Å². The normalized spacial score (nSPS) is 11.5. The number of aromatic nitrogens is 4. The summed E-state index contributed by atoms with van der Waals surface area (Å²) in [6, 6.07) is 18.7. The van der Waals surface area contributed by atoms with Crippen LogP contribution < -0.4 is 0 Å². The van der Waals surface area contributed by atoms with Crippen LogP contribution >= 0.6 is 11.6 Å². The van der Waals surface area contributed by atoms with E-state index in [1.165, 1.54) is 5.56 Å². The number of imidazole rings is 1. The molecule has 0 saturated heterocycles. The smallest absolute Gasteiger partial charge is 0.161 e. The SMILES string of the molecule is Cc1ccccc1-n1cc(-c2cc(Cl)nn3c(C)cnc23)c2ccccc21. The van der Waals surface area contributed by atoms with E-state index in [9.17, 15) is 0 Å².